The lowest BCUT2D eigenvalue weighted by Crippen LogP contribution is -2.19. The van der Waals surface area contributed by atoms with E-state index in [0.29, 0.717) is 11.4 Å². The summed E-state index contributed by atoms with van der Waals surface area (Å²) in [6.07, 6.45) is 0. The highest BCUT2D eigenvalue weighted by atomic mass is 32.2. The van der Waals surface area contributed by atoms with Crippen molar-refractivity contribution in [3.05, 3.63) is 53.6 Å². The number of carbonyl (C=O) groups excluding carboxylic acids is 1. The summed E-state index contributed by atoms with van der Waals surface area (Å²) in [5.41, 5.74) is 3.47. The van der Waals surface area contributed by atoms with E-state index in [2.05, 4.69) is 5.32 Å². The number of hydrogen-bond acceptors (Lipinski definition) is 5. The lowest BCUT2D eigenvalue weighted by Gasteiger charge is -2.18. The summed E-state index contributed by atoms with van der Waals surface area (Å²) in [5, 5.41) is 7.96. The van der Waals surface area contributed by atoms with Gasteiger partial charge in [0, 0.05) is 19.8 Å². The number of aryl methyl sites for hydroxylation is 1. The van der Waals surface area contributed by atoms with E-state index in [0.717, 1.165) is 11.3 Å². The van der Waals surface area contributed by atoms with Crippen molar-refractivity contribution in [2.75, 3.05) is 30.1 Å². The molecule has 0 fully saturated rings. The Morgan fingerprint density at radius 1 is 1.15 bits per heavy atom. The first-order chi connectivity index (χ1) is 12.2. The van der Waals surface area contributed by atoms with E-state index < -0.39 is 10.0 Å². The maximum absolute atomic E-state index is 12.3. The van der Waals surface area contributed by atoms with Crippen LogP contribution in [-0.4, -0.2) is 34.2 Å². The van der Waals surface area contributed by atoms with Crippen molar-refractivity contribution in [3.8, 4) is 0 Å². The molecule has 0 heterocycles. The Hall–Kier alpha value is -2.03. The van der Waals surface area contributed by atoms with Crippen LogP contribution in [0.1, 0.15) is 11.1 Å². The zero-order valence-electron chi connectivity index (χ0n) is 15.0. The molecule has 1 amide bonds. The van der Waals surface area contributed by atoms with Crippen molar-refractivity contribution in [3.63, 3.8) is 0 Å². The van der Waals surface area contributed by atoms with Crippen molar-refractivity contribution in [1.29, 1.82) is 0 Å². The number of anilines is 2. The Bertz CT molecular complexity index is 879. The minimum absolute atomic E-state index is 0.0364. The Morgan fingerprint density at radius 2 is 1.81 bits per heavy atom. The van der Waals surface area contributed by atoms with Gasteiger partial charge in [0.2, 0.25) is 15.9 Å². The summed E-state index contributed by atoms with van der Waals surface area (Å²) in [7, 11) is -0.209. The fourth-order valence-corrected chi connectivity index (χ4v) is 3.64. The van der Waals surface area contributed by atoms with Gasteiger partial charge in [-0.3, -0.25) is 4.79 Å². The maximum Gasteiger partial charge on any atom is 0.238 e. The number of benzene rings is 2. The minimum Gasteiger partial charge on any atom is -0.376 e. The molecule has 0 aromatic heterocycles. The molecule has 3 N–H and O–H groups in total. The van der Waals surface area contributed by atoms with Crippen LogP contribution in [-0.2, 0) is 20.6 Å². The van der Waals surface area contributed by atoms with E-state index in [1.54, 1.807) is 11.0 Å². The summed E-state index contributed by atoms with van der Waals surface area (Å²) in [4.78, 5) is 14.0. The Balaban J connectivity index is 2.03. The average Bonchev–Trinajstić information content (AvgIpc) is 2.55. The van der Waals surface area contributed by atoms with Gasteiger partial charge in [0.05, 0.1) is 22.0 Å². The van der Waals surface area contributed by atoms with Crippen LogP contribution >= 0.6 is 11.8 Å². The molecule has 2 aromatic rings. The number of amides is 1. The van der Waals surface area contributed by atoms with Crippen molar-refractivity contribution in [2.24, 2.45) is 5.14 Å². The summed E-state index contributed by atoms with van der Waals surface area (Å²) in [6, 6.07) is 12.6. The molecule has 0 aliphatic rings. The van der Waals surface area contributed by atoms with Crippen LogP contribution < -0.4 is 15.4 Å². The van der Waals surface area contributed by atoms with Gasteiger partial charge in [0.25, 0.3) is 0 Å². The summed E-state index contributed by atoms with van der Waals surface area (Å²) >= 11 is 1.49. The van der Waals surface area contributed by atoms with Gasteiger partial charge in [0.1, 0.15) is 0 Å². The van der Waals surface area contributed by atoms with Gasteiger partial charge in [-0.25, -0.2) is 13.6 Å². The Labute approximate surface area is 158 Å². The van der Waals surface area contributed by atoms with Crippen LogP contribution in [0.25, 0.3) is 0 Å². The molecule has 26 heavy (non-hydrogen) atoms. The number of carbonyl (C=O) groups is 1. The molecule has 0 spiro atoms. The van der Waals surface area contributed by atoms with Gasteiger partial charge in [-0.1, -0.05) is 29.8 Å². The lowest BCUT2D eigenvalue weighted by atomic mass is 10.2. The molecule has 0 atom stereocenters. The van der Waals surface area contributed by atoms with Gasteiger partial charge < -0.3 is 10.2 Å². The van der Waals surface area contributed by atoms with E-state index in [9.17, 15) is 13.2 Å². The smallest absolute Gasteiger partial charge is 0.238 e. The van der Waals surface area contributed by atoms with Gasteiger partial charge in [-0.2, -0.15) is 0 Å². The first-order valence-electron chi connectivity index (χ1n) is 7.94. The molecule has 2 aromatic carbocycles. The Morgan fingerprint density at radius 3 is 2.38 bits per heavy atom. The van der Waals surface area contributed by atoms with Crippen LogP contribution in [0, 0.1) is 6.92 Å². The van der Waals surface area contributed by atoms with E-state index in [1.807, 2.05) is 45.3 Å². The minimum atomic E-state index is -3.84. The molecule has 0 radical (unpaired) electrons. The third kappa shape index (κ3) is 5.76. The van der Waals surface area contributed by atoms with Crippen LogP contribution in [0.4, 0.5) is 11.4 Å². The van der Waals surface area contributed by atoms with E-state index >= 15 is 0 Å². The van der Waals surface area contributed by atoms with Crippen molar-refractivity contribution < 1.29 is 13.2 Å². The highest BCUT2D eigenvalue weighted by molar-refractivity contribution is 7.99. The molecular formula is C18H23N3O3S2. The second kappa shape index (κ2) is 8.57. The van der Waals surface area contributed by atoms with Crippen molar-refractivity contribution >= 4 is 39.1 Å². The molecule has 0 saturated carbocycles. The molecule has 8 heteroatoms. The number of hydrogen-bond donors (Lipinski definition) is 2. The predicted molar refractivity (Wildman–Crippen MR) is 108 cm³/mol. The fourth-order valence-electron chi connectivity index (χ4n) is 2.31. The maximum atomic E-state index is 12.3. The standard InChI is InChI=1S/C18H23N3O3S2/c1-13-4-6-14(7-5-13)11-25-12-18(22)20-16-10-15(26(19,23)24)8-9-17(16)21(2)3/h4-10H,11-12H2,1-3H3,(H,20,22)(H2,19,23,24). The van der Waals surface area contributed by atoms with Gasteiger partial charge in [-0.05, 0) is 30.7 Å². The van der Waals surface area contributed by atoms with Crippen molar-refractivity contribution in [2.45, 2.75) is 17.6 Å². The second-order valence-corrected chi connectivity index (χ2v) is 8.69. The molecule has 0 saturated heterocycles. The lowest BCUT2D eigenvalue weighted by molar-refractivity contribution is -0.113. The monoisotopic (exact) mass is 393 g/mol. The number of thioether (sulfide) groups is 1. The first-order valence-corrected chi connectivity index (χ1v) is 10.6. The van der Waals surface area contributed by atoms with Crippen LogP contribution in [0.2, 0.25) is 0 Å². The Kier molecular flexibility index (Phi) is 6.69. The molecule has 0 aliphatic carbocycles. The zero-order chi connectivity index (χ0) is 19.3. The number of nitrogens with two attached hydrogens (primary N) is 1. The fraction of sp³-hybridized carbons (Fsp3) is 0.278. The number of rotatable bonds is 7. The highest BCUT2D eigenvalue weighted by Gasteiger charge is 2.14. The summed E-state index contributed by atoms with van der Waals surface area (Å²) in [6.45, 7) is 2.03. The average molecular weight is 394 g/mol. The van der Waals surface area contributed by atoms with Gasteiger partial charge >= 0.3 is 0 Å². The molecule has 0 aliphatic heterocycles. The molecule has 0 unspecified atom stereocenters. The molecular weight excluding hydrogens is 370 g/mol. The second-order valence-electron chi connectivity index (χ2n) is 6.14. The number of sulfonamides is 1. The topological polar surface area (TPSA) is 92.5 Å². The van der Waals surface area contributed by atoms with Gasteiger partial charge in [0.15, 0.2) is 0 Å². The SMILES string of the molecule is Cc1ccc(CSCC(=O)Nc2cc(S(N)(=O)=O)ccc2N(C)C)cc1. The molecule has 140 valence electrons. The van der Waals surface area contributed by atoms with Crippen LogP contribution in [0.5, 0.6) is 0 Å². The molecule has 2 rings (SSSR count). The van der Waals surface area contributed by atoms with Crippen LogP contribution in [0.15, 0.2) is 47.4 Å². The normalized spacial score (nSPS) is 11.2. The van der Waals surface area contributed by atoms with Crippen molar-refractivity contribution in [1.82, 2.24) is 0 Å². The van der Waals surface area contributed by atoms with Crippen LogP contribution in [0.3, 0.4) is 0 Å². The summed E-state index contributed by atoms with van der Waals surface area (Å²) in [5.74, 6) is 0.794. The van der Waals surface area contributed by atoms with E-state index in [4.69, 9.17) is 5.14 Å². The highest BCUT2D eigenvalue weighted by Crippen LogP contribution is 2.27. The third-order valence-corrected chi connectivity index (χ3v) is 5.59. The molecule has 6 nitrogen and oxygen atoms in total. The van der Waals surface area contributed by atoms with Gasteiger partial charge in [-0.15, -0.1) is 11.8 Å². The number of nitrogens with one attached hydrogen (secondary N) is 1. The zero-order valence-corrected chi connectivity index (χ0v) is 16.7. The van der Waals surface area contributed by atoms with E-state index in [1.165, 1.54) is 29.5 Å². The van der Waals surface area contributed by atoms with E-state index in [-0.39, 0.29) is 16.6 Å². The number of nitrogens with zero attached hydrogens (tertiary/aromatic N) is 1. The number of primary sulfonamides is 1. The largest absolute Gasteiger partial charge is 0.376 e. The third-order valence-electron chi connectivity index (χ3n) is 3.67. The quantitative estimate of drug-likeness (QED) is 0.754. The predicted octanol–water partition coefficient (Wildman–Crippen LogP) is 2.58. The molecule has 0 bridgehead atoms. The summed E-state index contributed by atoms with van der Waals surface area (Å²) < 4.78 is 23.1. The first kappa shape index (κ1) is 20.3.